The largest absolute Gasteiger partial charge is 0.378 e. The highest BCUT2D eigenvalue weighted by molar-refractivity contribution is 5.74. The average Bonchev–Trinajstić information content (AvgIpc) is 2.70. The van der Waals surface area contributed by atoms with Crippen molar-refractivity contribution < 1.29 is 4.79 Å². The molecule has 0 aromatic heterocycles. The number of likely N-dealkylation sites (N-methyl/N-ethyl adjacent to an activating group) is 1. The molecule has 1 atom stereocenters. The Bertz CT molecular complexity index is 604. The van der Waals surface area contributed by atoms with Crippen molar-refractivity contribution in [1.29, 1.82) is 0 Å². The van der Waals surface area contributed by atoms with Crippen molar-refractivity contribution in [2.24, 2.45) is 0 Å². The van der Waals surface area contributed by atoms with E-state index in [2.05, 4.69) is 70.7 Å². The number of nitrogens with one attached hydrogen (secondary N) is 2. The fourth-order valence-electron chi connectivity index (χ4n) is 4.26. The minimum absolute atomic E-state index is 0.0176. The number of hydrogen-bond acceptors (Lipinski definition) is 4. The van der Waals surface area contributed by atoms with Crippen molar-refractivity contribution in [2.45, 2.75) is 44.2 Å². The molecule has 6 heteroatoms. The number of amides is 2. The summed E-state index contributed by atoms with van der Waals surface area (Å²) in [5.74, 6) is 0. The number of benzene rings is 1. The van der Waals surface area contributed by atoms with E-state index in [0.29, 0.717) is 12.6 Å². The van der Waals surface area contributed by atoms with Crippen LogP contribution in [-0.2, 0) is 0 Å². The normalized spacial score (nSPS) is 20.5. The van der Waals surface area contributed by atoms with Gasteiger partial charge in [0, 0.05) is 58.5 Å². The van der Waals surface area contributed by atoms with Crippen LogP contribution in [0.3, 0.4) is 0 Å². The summed E-state index contributed by atoms with van der Waals surface area (Å²) in [5, 5.41) is 6.33. The topological polar surface area (TPSA) is 50.9 Å². The third-order valence-electron chi connectivity index (χ3n) is 6.17. The van der Waals surface area contributed by atoms with E-state index in [0.717, 1.165) is 39.0 Å². The van der Waals surface area contributed by atoms with Crippen molar-refractivity contribution in [2.75, 3.05) is 58.8 Å². The van der Waals surface area contributed by atoms with E-state index in [4.69, 9.17) is 0 Å². The first-order chi connectivity index (χ1) is 13.5. The summed E-state index contributed by atoms with van der Waals surface area (Å²) in [5.41, 5.74) is 2.47. The van der Waals surface area contributed by atoms with Crippen LogP contribution in [0.5, 0.6) is 0 Å². The van der Waals surface area contributed by atoms with Gasteiger partial charge in [-0.2, -0.15) is 0 Å². The molecule has 156 valence electrons. The number of rotatable bonds is 6. The Morgan fingerprint density at radius 3 is 2.32 bits per heavy atom. The second-order valence-electron chi connectivity index (χ2n) is 8.53. The van der Waals surface area contributed by atoms with Gasteiger partial charge >= 0.3 is 6.03 Å². The van der Waals surface area contributed by atoms with Gasteiger partial charge in [0.25, 0.3) is 0 Å². The molecule has 2 fully saturated rings. The number of carbonyl (C=O) groups is 1. The van der Waals surface area contributed by atoms with Gasteiger partial charge < -0.3 is 20.4 Å². The Morgan fingerprint density at radius 1 is 1.07 bits per heavy atom. The average molecular weight is 388 g/mol. The summed E-state index contributed by atoms with van der Waals surface area (Å²) in [6.07, 6.45) is 5.98. The van der Waals surface area contributed by atoms with Crippen molar-refractivity contribution in [3.8, 4) is 0 Å². The summed E-state index contributed by atoms with van der Waals surface area (Å²) in [6.45, 7) is 4.84. The number of nitrogens with zero attached hydrogens (tertiary/aromatic N) is 3. The zero-order chi connectivity index (χ0) is 19.9. The van der Waals surface area contributed by atoms with Crippen LogP contribution in [0.4, 0.5) is 10.5 Å². The highest BCUT2D eigenvalue weighted by Gasteiger charge is 2.25. The molecule has 1 aliphatic carbocycles. The lowest BCUT2D eigenvalue weighted by atomic mass is 9.96. The molecule has 1 saturated carbocycles. The lowest BCUT2D eigenvalue weighted by Gasteiger charge is -2.38. The smallest absolute Gasteiger partial charge is 0.315 e. The molecule has 28 heavy (non-hydrogen) atoms. The van der Waals surface area contributed by atoms with E-state index in [1.54, 1.807) is 0 Å². The molecule has 2 aliphatic rings. The third kappa shape index (κ3) is 5.85. The number of anilines is 1. The SMILES string of the molecule is CN1CCN(C(CNC(=O)NC2CCCCC2)c2ccc(N(C)C)cc2)CC1. The molecular weight excluding hydrogens is 350 g/mol. The van der Waals surface area contributed by atoms with Gasteiger partial charge in [-0.25, -0.2) is 4.79 Å². The van der Waals surface area contributed by atoms with Gasteiger partial charge in [0.15, 0.2) is 0 Å². The molecule has 1 aromatic carbocycles. The predicted molar refractivity (Wildman–Crippen MR) is 116 cm³/mol. The summed E-state index contributed by atoms with van der Waals surface area (Å²) in [4.78, 5) is 19.5. The van der Waals surface area contributed by atoms with Crippen molar-refractivity contribution in [3.05, 3.63) is 29.8 Å². The minimum Gasteiger partial charge on any atom is -0.378 e. The molecule has 1 aromatic rings. The van der Waals surface area contributed by atoms with E-state index in [1.807, 2.05) is 0 Å². The maximum Gasteiger partial charge on any atom is 0.315 e. The maximum absolute atomic E-state index is 12.5. The van der Waals surface area contributed by atoms with Crippen LogP contribution in [-0.4, -0.2) is 75.7 Å². The quantitative estimate of drug-likeness (QED) is 0.788. The Hall–Kier alpha value is -1.79. The third-order valence-corrected chi connectivity index (χ3v) is 6.17. The molecule has 1 unspecified atom stereocenters. The fraction of sp³-hybridized carbons (Fsp3) is 0.682. The van der Waals surface area contributed by atoms with E-state index < -0.39 is 0 Å². The standard InChI is InChI=1S/C22H37N5O/c1-25(2)20-11-9-18(10-12-20)21(27-15-13-26(3)14-16-27)17-23-22(28)24-19-7-5-4-6-8-19/h9-12,19,21H,4-8,13-17H2,1-3H3,(H2,23,24,28). The number of carbonyl (C=O) groups excluding carboxylic acids is 1. The monoisotopic (exact) mass is 387 g/mol. The Balaban J connectivity index is 1.62. The molecule has 2 N–H and O–H groups in total. The lowest BCUT2D eigenvalue weighted by Crippen LogP contribution is -2.50. The maximum atomic E-state index is 12.5. The van der Waals surface area contributed by atoms with Crippen LogP contribution in [0.1, 0.15) is 43.7 Å². The Labute approximate surface area is 170 Å². The van der Waals surface area contributed by atoms with E-state index in [9.17, 15) is 4.79 Å². The van der Waals surface area contributed by atoms with Crippen LogP contribution in [0.15, 0.2) is 24.3 Å². The Morgan fingerprint density at radius 2 is 1.71 bits per heavy atom. The summed E-state index contributed by atoms with van der Waals surface area (Å²) in [6, 6.07) is 9.28. The molecule has 0 radical (unpaired) electrons. The molecule has 3 rings (SSSR count). The van der Waals surface area contributed by atoms with E-state index in [1.165, 1.54) is 30.5 Å². The van der Waals surface area contributed by atoms with Gasteiger partial charge in [0.1, 0.15) is 0 Å². The molecular formula is C22H37N5O. The van der Waals surface area contributed by atoms with Crippen molar-refractivity contribution in [3.63, 3.8) is 0 Å². The van der Waals surface area contributed by atoms with Crippen LogP contribution < -0.4 is 15.5 Å². The number of piperazine rings is 1. The molecule has 2 amide bonds. The molecule has 1 aliphatic heterocycles. The van der Waals surface area contributed by atoms with Crippen molar-refractivity contribution in [1.82, 2.24) is 20.4 Å². The predicted octanol–water partition coefficient (Wildman–Crippen LogP) is 2.67. The van der Waals surface area contributed by atoms with Gasteiger partial charge in [-0.1, -0.05) is 31.4 Å². The van der Waals surface area contributed by atoms with Gasteiger partial charge in [-0.05, 0) is 37.6 Å². The van der Waals surface area contributed by atoms with Crippen LogP contribution in [0.25, 0.3) is 0 Å². The molecule has 0 bridgehead atoms. The minimum atomic E-state index is -0.0176. The summed E-state index contributed by atoms with van der Waals surface area (Å²) < 4.78 is 0. The van der Waals surface area contributed by atoms with Crippen LogP contribution in [0, 0.1) is 0 Å². The fourth-order valence-corrected chi connectivity index (χ4v) is 4.26. The summed E-state index contributed by atoms with van der Waals surface area (Å²) in [7, 11) is 6.29. The van der Waals surface area contributed by atoms with Gasteiger partial charge in [0.2, 0.25) is 0 Å². The first-order valence-electron chi connectivity index (χ1n) is 10.8. The zero-order valence-electron chi connectivity index (χ0n) is 17.8. The second kappa shape index (κ2) is 10.1. The first kappa shape index (κ1) is 20.9. The number of hydrogen-bond donors (Lipinski definition) is 2. The second-order valence-corrected chi connectivity index (χ2v) is 8.53. The highest BCUT2D eigenvalue weighted by Crippen LogP contribution is 2.24. The highest BCUT2D eigenvalue weighted by atomic mass is 16.2. The van der Waals surface area contributed by atoms with Gasteiger partial charge in [0.05, 0.1) is 6.04 Å². The van der Waals surface area contributed by atoms with Crippen LogP contribution in [0.2, 0.25) is 0 Å². The van der Waals surface area contributed by atoms with Crippen molar-refractivity contribution >= 4 is 11.7 Å². The summed E-state index contributed by atoms with van der Waals surface area (Å²) >= 11 is 0. The van der Waals surface area contributed by atoms with E-state index in [-0.39, 0.29) is 12.1 Å². The van der Waals surface area contributed by atoms with Crippen LogP contribution >= 0.6 is 0 Å². The molecule has 6 nitrogen and oxygen atoms in total. The Kier molecular flexibility index (Phi) is 7.57. The number of urea groups is 1. The molecule has 0 spiro atoms. The lowest BCUT2D eigenvalue weighted by molar-refractivity contribution is 0.111. The van der Waals surface area contributed by atoms with Gasteiger partial charge in [-0.3, -0.25) is 4.90 Å². The molecule has 1 saturated heterocycles. The van der Waals surface area contributed by atoms with E-state index >= 15 is 0 Å². The zero-order valence-corrected chi connectivity index (χ0v) is 17.8. The first-order valence-corrected chi connectivity index (χ1v) is 10.8. The molecule has 1 heterocycles. The van der Waals surface area contributed by atoms with Gasteiger partial charge in [-0.15, -0.1) is 0 Å².